The Labute approximate surface area is 118 Å². The topological polar surface area (TPSA) is 58.6 Å². The van der Waals surface area contributed by atoms with Crippen LogP contribution < -0.4 is 10.1 Å². The molecule has 20 heavy (non-hydrogen) atoms. The summed E-state index contributed by atoms with van der Waals surface area (Å²) < 4.78 is 5.03. The van der Waals surface area contributed by atoms with Gasteiger partial charge in [-0.05, 0) is 37.1 Å². The second-order valence-corrected chi connectivity index (χ2v) is 4.89. The average Bonchev–Trinajstić information content (AvgIpc) is 2.76. The van der Waals surface area contributed by atoms with Crippen LogP contribution in [0.1, 0.15) is 36.0 Å². The van der Waals surface area contributed by atoms with Gasteiger partial charge in [-0.2, -0.15) is 0 Å². The number of methoxy groups -OCH3 is 1. The number of carbonyl (C=O) groups is 2. The number of ether oxygens (including phenoxy) is 1. The number of rotatable bonds is 2. The van der Waals surface area contributed by atoms with E-state index in [9.17, 15) is 9.59 Å². The summed E-state index contributed by atoms with van der Waals surface area (Å²) in [6.45, 7) is 1.45. The van der Waals surface area contributed by atoms with Crippen LogP contribution in [0, 0.1) is 0 Å². The fraction of sp³-hybridized carbons (Fsp3) is 0.467. The van der Waals surface area contributed by atoms with Gasteiger partial charge in [-0.25, -0.2) is 4.79 Å². The van der Waals surface area contributed by atoms with Gasteiger partial charge < -0.3 is 9.64 Å². The SMILES string of the molecule is COc1ccc(C(=O)NC(=O)N2CCCCCC2)cc1. The summed E-state index contributed by atoms with van der Waals surface area (Å²) in [5, 5.41) is 2.44. The number of benzene rings is 1. The molecule has 0 saturated carbocycles. The first-order valence-corrected chi connectivity index (χ1v) is 6.95. The fourth-order valence-corrected chi connectivity index (χ4v) is 2.26. The molecular weight excluding hydrogens is 256 g/mol. The Morgan fingerprint density at radius 2 is 1.65 bits per heavy atom. The summed E-state index contributed by atoms with van der Waals surface area (Å²) in [6.07, 6.45) is 4.31. The highest BCUT2D eigenvalue weighted by molar-refractivity contribution is 6.04. The van der Waals surface area contributed by atoms with Gasteiger partial charge in [0.05, 0.1) is 7.11 Å². The average molecular weight is 276 g/mol. The highest BCUT2D eigenvalue weighted by Gasteiger charge is 2.18. The maximum absolute atomic E-state index is 12.0. The molecule has 2 rings (SSSR count). The van der Waals surface area contributed by atoms with Gasteiger partial charge >= 0.3 is 6.03 Å². The summed E-state index contributed by atoms with van der Waals surface area (Å²) in [5.74, 6) is 0.308. The van der Waals surface area contributed by atoms with Crippen molar-refractivity contribution in [2.24, 2.45) is 0 Å². The molecule has 1 N–H and O–H groups in total. The first-order chi connectivity index (χ1) is 9.70. The minimum absolute atomic E-state index is 0.298. The number of imide groups is 1. The number of nitrogens with zero attached hydrogens (tertiary/aromatic N) is 1. The summed E-state index contributed by atoms with van der Waals surface area (Å²) in [6, 6.07) is 6.39. The molecule has 0 bridgehead atoms. The van der Waals surface area contributed by atoms with Crippen molar-refractivity contribution >= 4 is 11.9 Å². The Hall–Kier alpha value is -2.04. The van der Waals surface area contributed by atoms with Crippen molar-refractivity contribution in [3.8, 4) is 5.75 Å². The molecule has 108 valence electrons. The molecule has 0 aliphatic carbocycles. The molecule has 0 aromatic heterocycles. The van der Waals surface area contributed by atoms with E-state index in [4.69, 9.17) is 4.74 Å². The standard InChI is InChI=1S/C15H20N2O3/c1-20-13-8-6-12(7-9-13)14(18)16-15(19)17-10-4-2-3-5-11-17/h6-9H,2-5,10-11H2,1H3,(H,16,18,19). The second-order valence-electron chi connectivity index (χ2n) is 4.89. The van der Waals surface area contributed by atoms with E-state index in [1.54, 1.807) is 36.3 Å². The monoisotopic (exact) mass is 276 g/mol. The van der Waals surface area contributed by atoms with Gasteiger partial charge in [-0.1, -0.05) is 12.8 Å². The molecule has 0 radical (unpaired) electrons. The minimum Gasteiger partial charge on any atom is -0.497 e. The fourth-order valence-electron chi connectivity index (χ4n) is 2.26. The molecule has 1 aromatic carbocycles. The highest BCUT2D eigenvalue weighted by atomic mass is 16.5. The van der Waals surface area contributed by atoms with Gasteiger partial charge in [0.1, 0.15) is 5.75 Å². The Morgan fingerprint density at radius 1 is 1.05 bits per heavy atom. The van der Waals surface area contributed by atoms with Crippen LogP contribution in [0.3, 0.4) is 0 Å². The first kappa shape index (κ1) is 14.4. The van der Waals surface area contributed by atoms with Crippen LogP contribution in [0.4, 0.5) is 4.79 Å². The lowest BCUT2D eigenvalue weighted by molar-refractivity contribution is 0.0952. The number of nitrogens with one attached hydrogen (secondary N) is 1. The zero-order valence-corrected chi connectivity index (χ0v) is 11.7. The summed E-state index contributed by atoms with van der Waals surface area (Å²) in [7, 11) is 1.57. The zero-order valence-electron chi connectivity index (χ0n) is 11.7. The number of likely N-dealkylation sites (tertiary alicyclic amines) is 1. The Kier molecular flexibility index (Phi) is 4.98. The van der Waals surface area contributed by atoms with Crippen LogP contribution in [-0.2, 0) is 0 Å². The van der Waals surface area contributed by atoms with Crippen LogP contribution >= 0.6 is 0 Å². The maximum Gasteiger partial charge on any atom is 0.324 e. The highest BCUT2D eigenvalue weighted by Crippen LogP contribution is 2.12. The van der Waals surface area contributed by atoms with E-state index in [-0.39, 0.29) is 11.9 Å². The number of urea groups is 1. The molecule has 5 heteroatoms. The third-order valence-corrected chi connectivity index (χ3v) is 3.47. The van der Waals surface area contributed by atoms with E-state index < -0.39 is 0 Å². The molecule has 0 unspecified atom stereocenters. The predicted octanol–water partition coefficient (Wildman–Crippen LogP) is 2.42. The first-order valence-electron chi connectivity index (χ1n) is 6.95. The molecule has 1 aliphatic heterocycles. The minimum atomic E-state index is -0.373. The van der Waals surface area contributed by atoms with Gasteiger partial charge in [0.25, 0.3) is 5.91 Å². The Balaban J connectivity index is 1.93. The molecule has 1 heterocycles. The van der Waals surface area contributed by atoms with Gasteiger partial charge in [0.15, 0.2) is 0 Å². The molecule has 1 saturated heterocycles. The summed E-state index contributed by atoms with van der Waals surface area (Å²) >= 11 is 0. The van der Waals surface area contributed by atoms with Gasteiger partial charge in [-0.15, -0.1) is 0 Å². The van der Waals surface area contributed by atoms with Crippen molar-refractivity contribution in [3.63, 3.8) is 0 Å². The van der Waals surface area contributed by atoms with Crippen molar-refractivity contribution in [1.29, 1.82) is 0 Å². The lowest BCUT2D eigenvalue weighted by Gasteiger charge is -2.20. The molecule has 1 aliphatic rings. The third kappa shape index (κ3) is 3.73. The molecule has 0 atom stereocenters. The largest absolute Gasteiger partial charge is 0.497 e. The molecule has 0 spiro atoms. The molecule has 1 aromatic rings. The predicted molar refractivity (Wildman–Crippen MR) is 75.9 cm³/mol. The number of amides is 3. The third-order valence-electron chi connectivity index (χ3n) is 3.47. The second kappa shape index (κ2) is 6.93. The van der Waals surface area contributed by atoms with Crippen LogP contribution in [0.25, 0.3) is 0 Å². The van der Waals surface area contributed by atoms with Gasteiger partial charge in [0.2, 0.25) is 0 Å². The van der Waals surface area contributed by atoms with E-state index in [0.717, 1.165) is 38.8 Å². The normalized spacial score (nSPS) is 15.3. The lowest BCUT2D eigenvalue weighted by Crippen LogP contribution is -2.43. The Bertz CT molecular complexity index is 463. The van der Waals surface area contributed by atoms with Crippen LogP contribution in [-0.4, -0.2) is 37.0 Å². The number of hydrogen-bond acceptors (Lipinski definition) is 3. The van der Waals surface area contributed by atoms with Crippen molar-refractivity contribution < 1.29 is 14.3 Å². The number of hydrogen-bond donors (Lipinski definition) is 1. The van der Waals surface area contributed by atoms with E-state index in [1.165, 1.54) is 0 Å². The van der Waals surface area contributed by atoms with E-state index in [2.05, 4.69) is 5.32 Å². The van der Waals surface area contributed by atoms with Crippen LogP contribution in [0.15, 0.2) is 24.3 Å². The molecule has 1 fully saturated rings. The van der Waals surface area contributed by atoms with E-state index >= 15 is 0 Å². The zero-order chi connectivity index (χ0) is 14.4. The van der Waals surface area contributed by atoms with Crippen molar-refractivity contribution in [2.45, 2.75) is 25.7 Å². The van der Waals surface area contributed by atoms with Gasteiger partial charge in [0, 0.05) is 18.7 Å². The molecular formula is C15H20N2O3. The van der Waals surface area contributed by atoms with Crippen LogP contribution in [0.5, 0.6) is 5.75 Å². The lowest BCUT2D eigenvalue weighted by atomic mass is 10.2. The van der Waals surface area contributed by atoms with Crippen molar-refractivity contribution in [2.75, 3.05) is 20.2 Å². The van der Waals surface area contributed by atoms with Crippen LogP contribution in [0.2, 0.25) is 0 Å². The smallest absolute Gasteiger partial charge is 0.324 e. The maximum atomic E-state index is 12.0. The summed E-state index contributed by atoms with van der Waals surface area (Å²) in [5.41, 5.74) is 0.453. The Morgan fingerprint density at radius 3 is 2.20 bits per heavy atom. The van der Waals surface area contributed by atoms with Crippen molar-refractivity contribution in [1.82, 2.24) is 10.2 Å². The molecule has 3 amide bonds. The van der Waals surface area contributed by atoms with E-state index in [1.807, 2.05) is 0 Å². The number of carbonyl (C=O) groups excluding carboxylic acids is 2. The summed E-state index contributed by atoms with van der Waals surface area (Å²) in [4.78, 5) is 25.7. The van der Waals surface area contributed by atoms with Gasteiger partial charge in [-0.3, -0.25) is 10.1 Å². The van der Waals surface area contributed by atoms with E-state index in [0.29, 0.717) is 11.3 Å². The molecule has 5 nitrogen and oxygen atoms in total. The van der Waals surface area contributed by atoms with Crippen molar-refractivity contribution in [3.05, 3.63) is 29.8 Å². The quantitative estimate of drug-likeness (QED) is 0.902.